The SMILES string of the molecule is Cl.N#CCOc1ccc2c(c1)C(O)CNC2. The lowest BCUT2D eigenvalue weighted by atomic mass is 9.98. The number of aliphatic hydroxyl groups excluding tert-OH is 1. The van der Waals surface area contributed by atoms with Crippen molar-refractivity contribution in [3.8, 4) is 11.8 Å². The molecule has 1 aromatic rings. The van der Waals surface area contributed by atoms with Gasteiger partial charge in [-0.15, -0.1) is 12.4 Å². The molecule has 0 aromatic heterocycles. The number of hydrogen-bond acceptors (Lipinski definition) is 4. The molecule has 0 bridgehead atoms. The quantitative estimate of drug-likeness (QED) is 0.814. The number of rotatable bonds is 2. The molecule has 1 atom stereocenters. The van der Waals surface area contributed by atoms with Gasteiger partial charge in [-0.2, -0.15) is 5.26 Å². The Morgan fingerprint density at radius 2 is 2.38 bits per heavy atom. The summed E-state index contributed by atoms with van der Waals surface area (Å²) in [4.78, 5) is 0. The predicted octanol–water partition coefficient (Wildman–Crippen LogP) is 1.15. The molecule has 2 N–H and O–H groups in total. The second-order valence-electron chi connectivity index (χ2n) is 3.45. The van der Waals surface area contributed by atoms with Gasteiger partial charge in [-0.25, -0.2) is 0 Å². The molecule has 1 unspecified atom stereocenters. The number of hydrogen-bond donors (Lipinski definition) is 2. The van der Waals surface area contributed by atoms with Crippen LogP contribution in [-0.4, -0.2) is 18.3 Å². The second kappa shape index (κ2) is 5.71. The van der Waals surface area contributed by atoms with Gasteiger partial charge in [-0.05, 0) is 23.3 Å². The molecule has 1 aliphatic rings. The maximum Gasteiger partial charge on any atom is 0.174 e. The Labute approximate surface area is 100 Å². The molecule has 5 heteroatoms. The van der Waals surface area contributed by atoms with Crippen LogP contribution in [0.1, 0.15) is 17.2 Å². The van der Waals surface area contributed by atoms with E-state index in [4.69, 9.17) is 10.00 Å². The number of aliphatic hydroxyl groups is 1. The summed E-state index contributed by atoms with van der Waals surface area (Å²) in [5, 5.41) is 21.2. The summed E-state index contributed by atoms with van der Waals surface area (Å²) in [5.41, 5.74) is 1.97. The molecule has 4 nitrogen and oxygen atoms in total. The Kier molecular flexibility index (Phi) is 4.56. The second-order valence-corrected chi connectivity index (χ2v) is 3.45. The lowest BCUT2D eigenvalue weighted by Gasteiger charge is -2.22. The van der Waals surface area contributed by atoms with Gasteiger partial charge in [0.05, 0.1) is 6.10 Å². The maximum atomic E-state index is 9.73. The van der Waals surface area contributed by atoms with Crippen molar-refractivity contribution in [3.05, 3.63) is 29.3 Å². The molecule has 1 heterocycles. The summed E-state index contributed by atoms with van der Waals surface area (Å²) in [5.74, 6) is 0.635. The fraction of sp³-hybridized carbons (Fsp3) is 0.364. The minimum absolute atomic E-state index is 0. The molecule has 0 fully saturated rings. The monoisotopic (exact) mass is 240 g/mol. The van der Waals surface area contributed by atoms with E-state index in [1.165, 1.54) is 0 Å². The molecule has 0 spiro atoms. The lowest BCUT2D eigenvalue weighted by Crippen LogP contribution is -2.27. The first kappa shape index (κ1) is 12.8. The number of nitrogens with one attached hydrogen (secondary N) is 1. The van der Waals surface area contributed by atoms with Gasteiger partial charge in [-0.3, -0.25) is 0 Å². The van der Waals surface area contributed by atoms with Crippen LogP contribution in [0.5, 0.6) is 5.75 Å². The Hall–Kier alpha value is -1.28. The summed E-state index contributed by atoms with van der Waals surface area (Å²) in [7, 11) is 0. The number of ether oxygens (including phenoxy) is 1. The van der Waals surface area contributed by atoms with Gasteiger partial charge in [0.25, 0.3) is 0 Å². The van der Waals surface area contributed by atoms with Crippen molar-refractivity contribution in [1.29, 1.82) is 5.26 Å². The molecule has 2 rings (SSSR count). The van der Waals surface area contributed by atoms with Crippen LogP contribution in [0.3, 0.4) is 0 Å². The molecule has 0 saturated heterocycles. The van der Waals surface area contributed by atoms with E-state index in [1.807, 2.05) is 18.2 Å². The van der Waals surface area contributed by atoms with Gasteiger partial charge in [0.1, 0.15) is 11.8 Å². The smallest absolute Gasteiger partial charge is 0.174 e. The number of halogens is 1. The van der Waals surface area contributed by atoms with Crippen molar-refractivity contribution in [2.45, 2.75) is 12.6 Å². The normalized spacial score (nSPS) is 17.9. The van der Waals surface area contributed by atoms with Crippen molar-refractivity contribution < 1.29 is 9.84 Å². The zero-order chi connectivity index (χ0) is 10.7. The molecule has 0 radical (unpaired) electrons. The van der Waals surface area contributed by atoms with E-state index in [-0.39, 0.29) is 19.0 Å². The van der Waals surface area contributed by atoms with Gasteiger partial charge in [-0.1, -0.05) is 6.07 Å². The van der Waals surface area contributed by atoms with E-state index in [2.05, 4.69) is 5.32 Å². The fourth-order valence-electron chi connectivity index (χ4n) is 1.70. The molecule has 1 aliphatic heterocycles. The van der Waals surface area contributed by atoms with Crippen molar-refractivity contribution in [3.63, 3.8) is 0 Å². The van der Waals surface area contributed by atoms with Crippen LogP contribution < -0.4 is 10.1 Å². The summed E-state index contributed by atoms with van der Waals surface area (Å²) >= 11 is 0. The van der Waals surface area contributed by atoms with Gasteiger partial charge in [0.2, 0.25) is 0 Å². The Balaban J connectivity index is 0.00000128. The molecular weight excluding hydrogens is 228 g/mol. The van der Waals surface area contributed by atoms with Crippen LogP contribution in [-0.2, 0) is 6.54 Å². The summed E-state index contributed by atoms with van der Waals surface area (Å²) in [6, 6.07) is 7.44. The van der Waals surface area contributed by atoms with Crippen LogP contribution in [0.25, 0.3) is 0 Å². The minimum Gasteiger partial charge on any atom is -0.479 e. The van der Waals surface area contributed by atoms with Crippen molar-refractivity contribution in [2.24, 2.45) is 0 Å². The third kappa shape index (κ3) is 2.64. The molecule has 0 aliphatic carbocycles. The van der Waals surface area contributed by atoms with E-state index in [0.29, 0.717) is 12.3 Å². The number of nitriles is 1. The maximum absolute atomic E-state index is 9.73. The topological polar surface area (TPSA) is 65.3 Å². The number of fused-ring (bicyclic) bond motifs is 1. The molecule has 86 valence electrons. The van der Waals surface area contributed by atoms with E-state index >= 15 is 0 Å². The summed E-state index contributed by atoms with van der Waals surface area (Å²) < 4.78 is 5.18. The molecule has 0 amide bonds. The third-order valence-electron chi connectivity index (χ3n) is 2.43. The fourth-order valence-corrected chi connectivity index (χ4v) is 1.70. The largest absolute Gasteiger partial charge is 0.479 e. The molecule has 1 aromatic carbocycles. The van der Waals surface area contributed by atoms with Gasteiger partial charge in [0.15, 0.2) is 6.61 Å². The first-order chi connectivity index (χ1) is 7.31. The molecule has 0 saturated carbocycles. The van der Waals surface area contributed by atoms with Crippen molar-refractivity contribution in [2.75, 3.05) is 13.2 Å². The highest BCUT2D eigenvalue weighted by Crippen LogP contribution is 2.26. The van der Waals surface area contributed by atoms with Crippen LogP contribution in [0.2, 0.25) is 0 Å². The number of nitrogens with zero attached hydrogens (tertiary/aromatic N) is 1. The van der Waals surface area contributed by atoms with E-state index in [0.717, 1.165) is 17.7 Å². The van der Waals surface area contributed by atoms with Crippen molar-refractivity contribution >= 4 is 12.4 Å². The van der Waals surface area contributed by atoms with Crippen LogP contribution in [0.15, 0.2) is 18.2 Å². The highest BCUT2D eigenvalue weighted by molar-refractivity contribution is 5.85. The van der Waals surface area contributed by atoms with Gasteiger partial charge < -0.3 is 15.2 Å². The van der Waals surface area contributed by atoms with Crippen LogP contribution in [0.4, 0.5) is 0 Å². The van der Waals surface area contributed by atoms with E-state index < -0.39 is 6.10 Å². The number of benzene rings is 1. The molecule has 16 heavy (non-hydrogen) atoms. The standard InChI is InChI=1S/C11H12N2O2.ClH/c12-3-4-15-9-2-1-8-6-13-7-11(14)10(8)5-9;/h1-2,5,11,13-14H,4,6-7H2;1H. The third-order valence-corrected chi connectivity index (χ3v) is 2.43. The predicted molar refractivity (Wildman–Crippen MR) is 61.5 cm³/mol. The van der Waals surface area contributed by atoms with Crippen molar-refractivity contribution in [1.82, 2.24) is 5.32 Å². The van der Waals surface area contributed by atoms with Gasteiger partial charge >= 0.3 is 0 Å². The first-order valence-corrected chi connectivity index (χ1v) is 4.82. The zero-order valence-electron chi connectivity index (χ0n) is 8.64. The van der Waals surface area contributed by atoms with Gasteiger partial charge in [0, 0.05) is 13.1 Å². The number of β-amino-alcohol motifs (C(OH)–C–C–N with tert-alkyl or cyclic N) is 1. The highest BCUT2D eigenvalue weighted by atomic mass is 35.5. The lowest BCUT2D eigenvalue weighted by molar-refractivity contribution is 0.164. The van der Waals surface area contributed by atoms with E-state index in [1.54, 1.807) is 6.07 Å². The Morgan fingerprint density at radius 1 is 1.56 bits per heavy atom. The molecular formula is C11H13ClN2O2. The van der Waals surface area contributed by atoms with Crippen LogP contribution >= 0.6 is 12.4 Å². The first-order valence-electron chi connectivity index (χ1n) is 4.82. The average Bonchev–Trinajstić information content (AvgIpc) is 2.27. The Bertz CT molecular complexity index is 403. The highest BCUT2D eigenvalue weighted by Gasteiger charge is 2.17. The summed E-state index contributed by atoms with van der Waals surface area (Å²) in [6.45, 7) is 1.37. The Morgan fingerprint density at radius 3 is 3.12 bits per heavy atom. The van der Waals surface area contributed by atoms with E-state index in [9.17, 15) is 5.11 Å². The zero-order valence-corrected chi connectivity index (χ0v) is 9.46. The van der Waals surface area contributed by atoms with Crippen LogP contribution in [0, 0.1) is 11.3 Å². The summed E-state index contributed by atoms with van der Waals surface area (Å²) in [6.07, 6.45) is -0.487. The minimum atomic E-state index is -0.487. The average molecular weight is 241 g/mol.